The Morgan fingerprint density at radius 3 is 2.68 bits per heavy atom. The van der Waals surface area contributed by atoms with Crippen LogP contribution in [0.5, 0.6) is 0 Å². The van der Waals surface area contributed by atoms with Gasteiger partial charge in [0, 0.05) is 6.54 Å². The zero-order chi connectivity index (χ0) is 16.2. The molecule has 118 valence electrons. The lowest BCUT2D eigenvalue weighted by molar-refractivity contribution is -0.167. The maximum atomic E-state index is 14.9. The number of amides is 3. The van der Waals surface area contributed by atoms with Crippen LogP contribution in [0.4, 0.5) is 9.18 Å². The van der Waals surface area contributed by atoms with Crippen molar-refractivity contribution in [3.8, 4) is 0 Å². The summed E-state index contributed by atoms with van der Waals surface area (Å²) in [6.07, 6.45) is -1.52. The lowest BCUT2D eigenvalue weighted by atomic mass is 9.99. The number of carbonyl (C=O) groups is 3. The molecule has 1 aliphatic heterocycles. The van der Waals surface area contributed by atoms with E-state index in [2.05, 4.69) is 15.4 Å². The molecule has 0 bridgehead atoms. The molecule has 7 nitrogen and oxygen atoms in total. The summed E-state index contributed by atoms with van der Waals surface area (Å²) in [5, 5.41) is 6.58. The SMILES string of the molecule is CCOC(=O)C1(F)C(=O)NC(=O)NC1NCc1ccccc1. The number of alkyl halides is 1. The summed E-state index contributed by atoms with van der Waals surface area (Å²) in [6.45, 7) is 1.56. The van der Waals surface area contributed by atoms with E-state index in [-0.39, 0.29) is 13.2 Å². The van der Waals surface area contributed by atoms with Crippen LogP contribution < -0.4 is 16.0 Å². The van der Waals surface area contributed by atoms with Gasteiger partial charge in [-0.1, -0.05) is 30.3 Å². The van der Waals surface area contributed by atoms with Crippen LogP contribution >= 0.6 is 0 Å². The van der Waals surface area contributed by atoms with Gasteiger partial charge in [-0.05, 0) is 12.5 Å². The van der Waals surface area contributed by atoms with Crippen molar-refractivity contribution in [2.24, 2.45) is 0 Å². The topological polar surface area (TPSA) is 96.5 Å². The van der Waals surface area contributed by atoms with E-state index >= 15 is 0 Å². The zero-order valence-corrected chi connectivity index (χ0v) is 11.9. The van der Waals surface area contributed by atoms with Gasteiger partial charge in [-0.25, -0.2) is 14.0 Å². The zero-order valence-electron chi connectivity index (χ0n) is 11.9. The van der Waals surface area contributed by atoms with Crippen LogP contribution in [0.25, 0.3) is 0 Å². The summed E-state index contributed by atoms with van der Waals surface area (Å²) < 4.78 is 19.5. The highest BCUT2D eigenvalue weighted by molar-refractivity contribution is 6.14. The first-order chi connectivity index (χ1) is 10.5. The Hall–Kier alpha value is -2.48. The van der Waals surface area contributed by atoms with Crippen molar-refractivity contribution >= 4 is 17.9 Å². The predicted molar refractivity (Wildman–Crippen MR) is 74.2 cm³/mol. The Balaban J connectivity index is 2.18. The molecule has 1 aromatic carbocycles. The predicted octanol–water partition coefficient (Wildman–Crippen LogP) is 0.213. The van der Waals surface area contributed by atoms with E-state index in [4.69, 9.17) is 0 Å². The quantitative estimate of drug-likeness (QED) is 0.534. The van der Waals surface area contributed by atoms with Crippen LogP contribution in [0.3, 0.4) is 0 Å². The van der Waals surface area contributed by atoms with E-state index in [1.807, 2.05) is 6.07 Å². The number of esters is 1. The molecule has 0 radical (unpaired) electrons. The number of halogens is 1. The molecule has 2 rings (SSSR count). The van der Waals surface area contributed by atoms with Crippen LogP contribution in [0.1, 0.15) is 12.5 Å². The Morgan fingerprint density at radius 2 is 2.05 bits per heavy atom. The van der Waals surface area contributed by atoms with Crippen LogP contribution in [-0.2, 0) is 20.9 Å². The molecule has 2 atom stereocenters. The van der Waals surface area contributed by atoms with E-state index in [1.165, 1.54) is 6.92 Å². The lowest BCUT2D eigenvalue weighted by Gasteiger charge is -2.35. The highest BCUT2D eigenvalue weighted by Crippen LogP contribution is 2.21. The van der Waals surface area contributed by atoms with Crippen LogP contribution in [-0.4, -0.2) is 36.3 Å². The highest BCUT2D eigenvalue weighted by atomic mass is 19.1. The number of nitrogens with one attached hydrogen (secondary N) is 3. The van der Waals surface area contributed by atoms with Crippen molar-refractivity contribution in [2.75, 3.05) is 6.61 Å². The molecule has 0 spiro atoms. The normalized spacial score (nSPS) is 24.4. The standard InChI is InChI=1S/C14H16FN3O4/c1-2-22-12(20)14(15)10(17-13(21)18-11(14)19)16-8-9-6-4-3-5-7-9/h3-7,10,16H,2,8H2,1H3,(H2,17,18,19,21). The van der Waals surface area contributed by atoms with E-state index < -0.39 is 29.7 Å². The molecule has 22 heavy (non-hydrogen) atoms. The fourth-order valence-corrected chi connectivity index (χ4v) is 2.05. The first-order valence-electron chi connectivity index (χ1n) is 6.74. The summed E-state index contributed by atoms with van der Waals surface area (Å²) in [7, 11) is 0. The third-order valence-corrected chi connectivity index (χ3v) is 3.16. The van der Waals surface area contributed by atoms with Crippen molar-refractivity contribution in [3.05, 3.63) is 35.9 Å². The monoisotopic (exact) mass is 309 g/mol. The first kappa shape index (κ1) is 15.9. The number of benzene rings is 1. The van der Waals surface area contributed by atoms with E-state index in [9.17, 15) is 18.8 Å². The van der Waals surface area contributed by atoms with Crippen molar-refractivity contribution in [3.63, 3.8) is 0 Å². The Morgan fingerprint density at radius 1 is 1.36 bits per heavy atom. The second-order valence-electron chi connectivity index (χ2n) is 4.66. The number of hydrogen-bond donors (Lipinski definition) is 3. The maximum absolute atomic E-state index is 14.9. The van der Waals surface area contributed by atoms with Gasteiger partial charge in [0.25, 0.3) is 5.91 Å². The van der Waals surface area contributed by atoms with Crippen molar-refractivity contribution in [1.82, 2.24) is 16.0 Å². The van der Waals surface area contributed by atoms with Gasteiger partial charge in [0.05, 0.1) is 6.61 Å². The van der Waals surface area contributed by atoms with Gasteiger partial charge in [-0.2, -0.15) is 0 Å². The lowest BCUT2D eigenvalue weighted by Crippen LogP contribution is -2.74. The van der Waals surface area contributed by atoms with E-state index in [1.54, 1.807) is 29.6 Å². The molecule has 1 fully saturated rings. The third kappa shape index (κ3) is 3.06. The molecular formula is C14H16FN3O4. The van der Waals surface area contributed by atoms with Crippen molar-refractivity contribution in [2.45, 2.75) is 25.3 Å². The molecule has 0 saturated carbocycles. The van der Waals surface area contributed by atoms with Crippen LogP contribution in [0, 0.1) is 0 Å². The average molecular weight is 309 g/mol. The largest absolute Gasteiger partial charge is 0.463 e. The number of imide groups is 1. The van der Waals surface area contributed by atoms with Crippen molar-refractivity contribution in [1.29, 1.82) is 0 Å². The third-order valence-electron chi connectivity index (χ3n) is 3.16. The fraction of sp³-hybridized carbons (Fsp3) is 0.357. The van der Waals surface area contributed by atoms with E-state index in [0.717, 1.165) is 5.56 Å². The average Bonchev–Trinajstić information content (AvgIpc) is 2.50. The molecule has 1 aliphatic rings. The first-order valence-corrected chi connectivity index (χ1v) is 6.74. The molecule has 8 heteroatoms. The van der Waals surface area contributed by atoms with Gasteiger partial charge in [0.15, 0.2) is 0 Å². The smallest absolute Gasteiger partial charge is 0.357 e. The summed E-state index contributed by atoms with van der Waals surface area (Å²) >= 11 is 0. The highest BCUT2D eigenvalue weighted by Gasteiger charge is 2.58. The Kier molecular flexibility index (Phi) is 4.71. The summed E-state index contributed by atoms with van der Waals surface area (Å²) in [6, 6.07) is 8.07. The van der Waals surface area contributed by atoms with Gasteiger partial charge in [0.1, 0.15) is 6.17 Å². The van der Waals surface area contributed by atoms with Gasteiger partial charge >= 0.3 is 17.7 Å². The minimum Gasteiger partial charge on any atom is -0.463 e. The molecule has 1 saturated heterocycles. The molecule has 0 aliphatic carbocycles. The number of rotatable bonds is 5. The maximum Gasteiger partial charge on any atom is 0.357 e. The van der Waals surface area contributed by atoms with Crippen LogP contribution in [0.2, 0.25) is 0 Å². The van der Waals surface area contributed by atoms with Crippen LogP contribution in [0.15, 0.2) is 30.3 Å². The molecule has 2 unspecified atom stereocenters. The van der Waals surface area contributed by atoms with Gasteiger partial charge < -0.3 is 10.1 Å². The molecule has 1 heterocycles. The number of urea groups is 1. The molecule has 3 amide bonds. The van der Waals surface area contributed by atoms with Crippen molar-refractivity contribution < 1.29 is 23.5 Å². The minimum atomic E-state index is -3.03. The minimum absolute atomic E-state index is 0.0862. The summed E-state index contributed by atoms with van der Waals surface area (Å²) in [4.78, 5) is 34.9. The number of hydrogen-bond acceptors (Lipinski definition) is 5. The summed E-state index contributed by atoms with van der Waals surface area (Å²) in [5.41, 5.74) is -2.23. The van der Waals surface area contributed by atoms with Gasteiger partial charge in [-0.3, -0.25) is 15.4 Å². The second kappa shape index (κ2) is 6.52. The molecule has 0 aromatic heterocycles. The number of carbonyl (C=O) groups excluding carboxylic acids is 3. The summed E-state index contributed by atoms with van der Waals surface area (Å²) in [5.74, 6) is -2.70. The van der Waals surface area contributed by atoms with Gasteiger partial charge in [0.2, 0.25) is 0 Å². The fourth-order valence-electron chi connectivity index (χ4n) is 2.05. The Bertz CT molecular complexity index is 581. The Labute approximate surface area is 126 Å². The molecule has 1 aromatic rings. The molecule has 3 N–H and O–H groups in total. The molecular weight excluding hydrogens is 293 g/mol. The second-order valence-corrected chi connectivity index (χ2v) is 4.66. The van der Waals surface area contributed by atoms with Gasteiger partial charge in [-0.15, -0.1) is 0 Å². The van der Waals surface area contributed by atoms with E-state index in [0.29, 0.717) is 0 Å². The number of ether oxygens (including phenoxy) is 1.